The van der Waals surface area contributed by atoms with Crippen molar-refractivity contribution in [2.24, 2.45) is 0 Å². The molecule has 0 unspecified atom stereocenters. The molecule has 0 bridgehead atoms. The van der Waals surface area contributed by atoms with Gasteiger partial charge >= 0.3 is 0 Å². The number of benzene rings is 1. The van der Waals surface area contributed by atoms with E-state index < -0.39 is 0 Å². The van der Waals surface area contributed by atoms with Crippen molar-refractivity contribution in [3.05, 3.63) is 53.9 Å². The molecule has 0 aromatic heterocycles. The van der Waals surface area contributed by atoms with Gasteiger partial charge in [0.05, 0.1) is 0 Å². The zero-order valence-corrected chi connectivity index (χ0v) is 9.62. The topological polar surface area (TPSA) is 12.0 Å². The quantitative estimate of drug-likeness (QED) is 0.571. The third kappa shape index (κ3) is 5.47. The summed E-state index contributed by atoms with van der Waals surface area (Å²) in [5.41, 5.74) is 1.02. The van der Waals surface area contributed by atoms with Crippen LogP contribution in [0.2, 0.25) is 0 Å². The molecule has 2 heteroatoms. The highest BCUT2D eigenvalue weighted by atomic mass is 19.1. The van der Waals surface area contributed by atoms with Crippen LogP contribution in [-0.2, 0) is 0 Å². The molecule has 86 valence electrons. The second-order valence-electron chi connectivity index (χ2n) is 3.52. The molecule has 0 radical (unpaired) electrons. The zero-order chi connectivity index (χ0) is 11.6. The van der Waals surface area contributed by atoms with Gasteiger partial charge in [0, 0.05) is 6.54 Å². The minimum absolute atomic E-state index is 0.193. The molecule has 0 atom stereocenters. The van der Waals surface area contributed by atoms with Gasteiger partial charge < -0.3 is 5.32 Å². The Hall–Kier alpha value is -1.41. The first-order valence-corrected chi connectivity index (χ1v) is 5.57. The zero-order valence-electron chi connectivity index (χ0n) is 9.62. The van der Waals surface area contributed by atoms with Crippen molar-refractivity contribution >= 4 is 6.08 Å². The predicted molar refractivity (Wildman–Crippen MR) is 67.7 cm³/mol. The molecule has 0 heterocycles. The van der Waals surface area contributed by atoms with Gasteiger partial charge in [-0.05, 0) is 37.6 Å². The van der Waals surface area contributed by atoms with Crippen LogP contribution in [0.1, 0.15) is 18.9 Å². The fourth-order valence-electron chi connectivity index (χ4n) is 1.31. The third-order valence-electron chi connectivity index (χ3n) is 2.17. The van der Waals surface area contributed by atoms with E-state index in [0.717, 1.165) is 25.1 Å². The lowest BCUT2D eigenvalue weighted by Gasteiger charge is -1.97. The SMILES string of the molecule is C/C=C/CCNC/C=C/c1ccc(F)cc1. The van der Waals surface area contributed by atoms with Crippen molar-refractivity contribution < 1.29 is 4.39 Å². The molecule has 0 aliphatic heterocycles. The molecule has 0 spiro atoms. The van der Waals surface area contributed by atoms with E-state index in [9.17, 15) is 4.39 Å². The maximum atomic E-state index is 12.6. The molecular formula is C14H18FN. The normalized spacial score (nSPS) is 11.6. The van der Waals surface area contributed by atoms with Crippen molar-refractivity contribution in [1.82, 2.24) is 5.32 Å². The highest BCUT2D eigenvalue weighted by Gasteiger charge is 1.88. The summed E-state index contributed by atoms with van der Waals surface area (Å²) in [5, 5.41) is 3.29. The van der Waals surface area contributed by atoms with Gasteiger partial charge in [0.1, 0.15) is 5.82 Å². The standard InChI is InChI=1S/C14H18FN/c1-2-3-4-11-16-12-5-6-13-7-9-14(15)10-8-13/h2-3,5-10,16H,4,11-12H2,1H3/b3-2+,6-5+. The molecule has 0 fully saturated rings. The summed E-state index contributed by atoms with van der Waals surface area (Å²) in [6, 6.07) is 6.48. The summed E-state index contributed by atoms with van der Waals surface area (Å²) in [6.07, 6.45) is 9.28. The minimum Gasteiger partial charge on any atom is -0.313 e. The van der Waals surface area contributed by atoms with Crippen LogP contribution in [0.5, 0.6) is 0 Å². The number of nitrogens with one attached hydrogen (secondary N) is 1. The van der Waals surface area contributed by atoms with Gasteiger partial charge in [-0.15, -0.1) is 0 Å². The van der Waals surface area contributed by atoms with Crippen LogP contribution in [-0.4, -0.2) is 13.1 Å². The molecule has 0 amide bonds. The van der Waals surface area contributed by atoms with Crippen molar-refractivity contribution in [2.45, 2.75) is 13.3 Å². The number of allylic oxidation sites excluding steroid dienone is 1. The van der Waals surface area contributed by atoms with Crippen LogP contribution in [0.25, 0.3) is 6.08 Å². The van der Waals surface area contributed by atoms with E-state index in [4.69, 9.17) is 0 Å². The molecule has 1 nitrogen and oxygen atoms in total. The molecule has 1 aromatic carbocycles. The summed E-state index contributed by atoms with van der Waals surface area (Å²) < 4.78 is 12.6. The maximum absolute atomic E-state index is 12.6. The molecule has 0 saturated heterocycles. The van der Waals surface area contributed by atoms with E-state index in [2.05, 4.69) is 17.5 Å². The van der Waals surface area contributed by atoms with E-state index in [0.29, 0.717) is 0 Å². The van der Waals surface area contributed by atoms with Gasteiger partial charge in [-0.2, -0.15) is 0 Å². The van der Waals surface area contributed by atoms with Crippen LogP contribution in [0.4, 0.5) is 4.39 Å². The van der Waals surface area contributed by atoms with Crippen molar-refractivity contribution in [1.29, 1.82) is 0 Å². The van der Waals surface area contributed by atoms with E-state index >= 15 is 0 Å². The number of halogens is 1. The number of rotatable bonds is 6. The maximum Gasteiger partial charge on any atom is 0.123 e. The first-order valence-electron chi connectivity index (χ1n) is 5.57. The Bertz CT molecular complexity index is 338. The minimum atomic E-state index is -0.193. The van der Waals surface area contributed by atoms with Gasteiger partial charge in [0.15, 0.2) is 0 Å². The van der Waals surface area contributed by atoms with Gasteiger partial charge in [-0.1, -0.05) is 36.4 Å². The molecular weight excluding hydrogens is 201 g/mol. The van der Waals surface area contributed by atoms with E-state index in [1.54, 1.807) is 12.1 Å². The number of hydrogen-bond acceptors (Lipinski definition) is 1. The number of hydrogen-bond donors (Lipinski definition) is 1. The third-order valence-corrected chi connectivity index (χ3v) is 2.17. The molecule has 1 aromatic rings. The fraction of sp³-hybridized carbons (Fsp3) is 0.286. The van der Waals surface area contributed by atoms with Crippen LogP contribution in [0.15, 0.2) is 42.5 Å². The molecule has 0 aliphatic carbocycles. The Labute approximate surface area is 96.7 Å². The van der Waals surface area contributed by atoms with Gasteiger partial charge in [0.25, 0.3) is 0 Å². The Morgan fingerprint density at radius 3 is 2.62 bits per heavy atom. The molecule has 1 rings (SSSR count). The summed E-state index contributed by atoms with van der Waals surface area (Å²) in [5.74, 6) is -0.193. The molecule has 0 saturated carbocycles. The smallest absolute Gasteiger partial charge is 0.123 e. The van der Waals surface area contributed by atoms with Crippen LogP contribution < -0.4 is 5.32 Å². The Balaban J connectivity index is 2.19. The lowest BCUT2D eigenvalue weighted by molar-refractivity contribution is 0.628. The van der Waals surface area contributed by atoms with Gasteiger partial charge in [0.2, 0.25) is 0 Å². The van der Waals surface area contributed by atoms with E-state index in [1.165, 1.54) is 12.1 Å². The summed E-state index contributed by atoms with van der Waals surface area (Å²) in [7, 11) is 0. The second-order valence-corrected chi connectivity index (χ2v) is 3.52. The Kier molecular flexibility index (Phi) is 6.19. The van der Waals surface area contributed by atoms with Crippen LogP contribution in [0.3, 0.4) is 0 Å². The summed E-state index contributed by atoms with van der Waals surface area (Å²) in [4.78, 5) is 0. The van der Waals surface area contributed by atoms with Crippen LogP contribution >= 0.6 is 0 Å². The monoisotopic (exact) mass is 219 g/mol. The Morgan fingerprint density at radius 1 is 1.19 bits per heavy atom. The predicted octanol–water partition coefficient (Wildman–Crippen LogP) is 3.39. The molecule has 1 N–H and O–H groups in total. The average Bonchev–Trinajstić information content (AvgIpc) is 2.30. The van der Waals surface area contributed by atoms with Crippen molar-refractivity contribution in [3.8, 4) is 0 Å². The largest absolute Gasteiger partial charge is 0.313 e. The van der Waals surface area contributed by atoms with Gasteiger partial charge in [-0.3, -0.25) is 0 Å². The van der Waals surface area contributed by atoms with Crippen molar-refractivity contribution in [3.63, 3.8) is 0 Å². The fourth-order valence-corrected chi connectivity index (χ4v) is 1.31. The van der Waals surface area contributed by atoms with Crippen molar-refractivity contribution in [2.75, 3.05) is 13.1 Å². The van der Waals surface area contributed by atoms with E-state index in [1.807, 2.05) is 19.1 Å². The van der Waals surface area contributed by atoms with Crippen LogP contribution in [0, 0.1) is 5.82 Å². The molecule has 0 aliphatic rings. The lowest BCUT2D eigenvalue weighted by Crippen LogP contribution is -2.14. The lowest BCUT2D eigenvalue weighted by atomic mass is 10.2. The van der Waals surface area contributed by atoms with E-state index in [-0.39, 0.29) is 5.82 Å². The summed E-state index contributed by atoms with van der Waals surface area (Å²) in [6.45, 7) is 3.85. The average molecular weight is 219 g/mol. The first kappa shape index (κ1) is 12.7. The second kappa shape index (κ2) is 7.83. The molecule has 16 heavy (non-hydrogen) atoms. The highest BCUT2D eigenvalue weighted by molar-refractivity contribution is 5.48. The van der Waals surface area contributed by atoms with Gasteiger partial charge in [-0.25, -0.2) is 4.39 Å². The highest BCUT2D eigenvalue weighted by Crippen LogP contribution is 2.03. The first-order chi connectivity index (χ1) is 7.83. The Morgan fingerprint density at radius 2 is 1.94 bits per heavy atom. The summed E-state index contributed by atoms with van der Waals surface area (Å²) >= 11 is 0.